The first-order chi connectivity index (χ1) is 3.91. The van der Waals surface area contributed by atoms with Gasteiger partial charge in [0.25, 0.3) is 0 Å². The zero-order valence-electron chi connectivity index (χ0n) is 5.32. The summed E-state index contributed by atoms with van der Waals surface area (Å²) < 4.78 is 0. The van der Waals surface area contributed by atoms with E-state index in [2.05, 4.69) is 5.32 Å². The SMILES string of the molecule is C1CC2(CC[NH2+]1)CC2. The predicted octanol–water partition coefficient (Wildman–Crippen LogP) is 0.124. The third kappa shape index (κ3) is 0.655. The molecule has 2 N–H and O–H groups in total. The van der Waals surface area contributed by atoms with Crippen molar-refractivity contribution >= 4 is 0 Å². The third-order valence-corrected chi connectivity index (χ3v) is 2.71. The highest BCUT2D eigenvalue weighted by Crippen LogP contribution is 2.51. The van der Waals surface area contributed by atoms with E-state index in [1.165, 1.54) is 25.9 Å². The molecular formula is C7H14N+. The van der Waals surface area contributed by atoms with Crippen LogP contribution in [-0.2, 0) is 0 Å². The second-order valence-electron chi connectivity index (χ2n) is 3.37. The Kier molecular flexibility index (Phi) is 0.884. The van der Waals surface area contributed by atoms with Crippen molar-refractivity contribution in [1.29, 1.82) is 0 Å². The Morgan fingerprint density at radius 1 is 0.875 bits per heavy atom. The summed E-state index contributed by atoms with van der Waals surface area (Å²) in [6.07, 6.45) is 6.10. The van der Waals surface area contributed by atoms with E-state index in [4.69, 9.17) is 0 Å². The van der Waals surface area contributed by atoms with Gasteiger partial charge in [-0.05, 0) is 18.3 Å². The lowest BCUT2D eigenvalue weighted by Crippen LogP contribution is -2.86. The van der Waals surface area contributed by atoms with Crippen LogP contribution >= 0.6 is 0 Å². The molecule has 0 unspecified atom stereocenters. The zero-order valence-corrected chi connectivity index (χ0v) is 5.32. The summed E-state index contributed by atoms with van der Waals surface area (Å²) in [6.45, 7) is 2.81. The fourth-order valence-corrected chi connectivity index (χ4v) is 1.76. The molecule has 2 rings (SSSR count). The van der Waals surface area contributed by atoms with Crippen LogP contribution in [0.25, 0.3) is 0 Å². The Labute approximate surface area is 50.5 Å². The minimum atomic E-state index is 0.898. The Bertz CT molecular complexity index is 86.6. The highest BCUT2D eigenvalue weighted by atomic mass is 14.9. The second-order valence-corrected chi connectivity index (χ2v) is 3.37. The van der Waals surface area contributed by atoms with Crippen molar-refractivity contribution in [3.63, 3.8) is 0 Å². The van der Waals surface area contributed by atoms with E-state index in [0.717, 1.165) is 5.41 Å². The van der Waals surface area contributed by atoms with Gasteiger partial charge in [0.1, 0.15) is 0 Å². The van der Waals surface area contributed by atoms with Crippen molar-refractivity contribution in [3.8, 4) is 0 Å². The highest BCUT2D eigenvalue weighted by Gasteiger charge is 2.44. The first-order valence-corrected chi connectivity index (χ1v) is 3.73. The molecule has 0 aromatic carbocycles. The van der Waals surface area contributed by atoms with Gasteiger partial charge in [0.15, 0.2) is 0 Å². The molecule has 2 aliphatic rings. The lowest BCUT2D eigenvalue weighted by molar-refractivity contribution is -0.665. The van der Waals surface area contributed by atoms with Gasteiger partial charge in [-0.3, -0.25) is 0 Å². The van der Waals surface area contributed by atoms with Crippen molar-refractivity contribution in [1.82, 2.24) is 0 Å². The smallest absolute Gasteiger partial charge is 0.0760 e. The van der Waals surface area contributed by atoms with Crippen molar-refractivity contribution in [2.24, 2.45) is 5.41 Å². The fraction of sp³-hybridized carbons (Fsp3) is 1.00. The van der Waals surface area contributed by atoms with Crippen molar-refractivity contribution < 1.29 is 5.32 Å². The van der Waals surface area contributed by atoms with Crippen molar-refractivity contribution in [3.05, 3.63) is 0 Å². The number of quaternary nitrogens is 1. The van der Waals surface area contributed by atoms with Crippen LogP contribution in [0, 0.1) is 5.41 Å². The molecule has 1 spiro atoms. The molecule has 1 saturated carbocycles. The summed E-state index contributed by atoms with van der Waals surface area (Å²) in [5, 5.41) is 2.45. The molecule has 0 amide bonds. The van der Waals surface area contributed by atoms with E-state index < -0.39 is 0 Å². The molecule has 0 bridgehead atoms. The van der Waals surface area contributed by atoms with Crippen molar-refractivity contribution in [2.45, 2.75) is 25.7 Å². The maximum atomic E-state index is 2.45. The molecule has 1 heteroatoms. The van der Waals surface area contributed by atoms with Gasteiger partial charge in [0.2, 0.25) is 0 Å². The van der Waals surface area contributed by atoms with E-state index in [1.807, 2.05) is 0 Å². The summed E-state index contributed by atoms with van der Waals surface area (Å²) in [6, 6.07) is 0. The molecule has 0 radical (unpaired) electrons. The van der Waals surface area contributed by atoms with Gasteiger partial charge >= 0.3 is 0 Å². The van der Waals surface area contributed by atoms with Crippen LogP contribution in [-0.4, -0.2) is 13.1 Å². The molecule has 0 aromatic heterocycles. The lowest BCUT2D eigenvalue weighted by atomic mass is 9.95. The molecule has 8 heavy (non-hydrogen) atoms. The quantitative estimate of drug-likeness (QED) is 0.458. The normalized spacial score (nSPS) is 33.0. The van der Waals surface area contributed by atoms with Crippen LogP contribution in [0.4, 0.5) is 0 Å². The van der Waals surface area contributed by atoms with Gasteiger partial charge in [0, 0.05) is 12.8 Å². The van der Waals surface area contributed by atoms with Crippen LogP contribution in [0.15, 0.2) is 0 Å². The van der Waals surface area contributed by atoms with Crippen LogP contribution in [0.3, 0.4) is 0 Å². The van der Waals surface area contributed by atoms with Crippen molar-refractivity contribution in [2.75, 3.05) is 13.1 Å². The molecule has 1 heterocycles. The predicted molar refractivity (Wildman–Crippen MR) is 32.6 cm³/mol. The van der Waals surface area contributed by atoms with E-state index in [9.17, 15) is 0 Å². The second kappa shape index (κ2) is 1.47. The third-order valence-electron chi connectivity index (χ3n) is 2.71. The highest BCUT2D eigenvalue weighted by molar-refractivity contribution is 4.93. The summed E-state index contributed by atoms with van der Waals surface area (Å²) >= 11 is 0. The first-order valence-electron chi connectivity index (χ1n) is 3.73. The minimum absolute atomic E-state index is 0.898. The molecule has 1 aliphatic heterocycles. The molecule has 2 fully saturated rings. The van der Waals surface area contributed by atoms with Gasteiger partial charge in [-0.2, -0.15) is 0 Å². The molecule has 1 nitrogen and oxygen atoms in total. The molecule has 46 valence electrons. The first kappa shape index (κ1) is 4.80. The standard InChI is InChI=1S/C7H13N/c1-2-7(1)3-5-8-6-4-7/h8H,1-6H2/p+1. The average Bonchev–Trinajstić information content (AvgIpc) is 2.52. The fourth-order valence-electron chi connectivity index (χ4n) is 1.76. The number of piperidine rings is 1. The largest absolute Gasteiger partial charge is 0.346 e. The summed E-state index contributed by atoms with van der Waals surface area (Å²) in [5.74, 6) is 0. The Morgan fingerprint density at radius 3 is 1.88 bits per heavy atom. The van der Waals surface area contributed by atoms with Crippen LogP contribution in [0.1, 0.15) is 25.7 Å². The Balaban J connectivity index is 1.95. The summed E-state index contributed by atoms with van der Waals surface area (Å²) in [5.41, 5.74) is 0.898. The molecule has 1 saturated heterocycles. The van der Waals surface area contributed by atoms with Crippen LogP contribution in [0.2, 0.25) is 0 Å². The summed E-state index contributed by atoms with van der Waals surface area (Å²) in [7, 11) is 0. The molecule has 0 atom stereocenters. The molecule has 1 aliphatic carbocycles. The van der Waals surface area contributed by atoms with Crippen LogP contribution < -0.4 is 5.32 Å². The monoisotopic (exact) mass is 112 g/mol. The van der Waals surface area contributed by atoms with E-state index in [1.54, 1.807) is 12.8 Å². The Hall–Kier alpha value is -0.0400. The maximum absolute atomic E-state index is 2.45. The topological polar surface area (TPSA) is 16.6 Å². The van der Waals surface area contributed by atoms with E-state index in [-0.39, 0.29) is 0 Å². The van der Waals surface area contributed by atoms with Gasteiger partial charge in [-0.1, -0.05) is 0 Å². The summed E-state index contributed by atoms with van der Waals surface area (Å²) in [4.78, 5) is 0. The maximum Gasteiger partial charge on any atom is 0.0760 e. The number of hydrogen-bond acceptors (Lipinski definition) is 0. The minimum Gasteiger partial charge on any atom is -0.346 e. The van der Waals surface area contributed by atoms with Gasteiger partial charge in [-0.25, -0.2) is 0 Å². The average molecular weight is 112 g/mol. The lowest BCUT2D eigenvalue weighted by Gasteiger charge is -2.18. The number of hydrogen-bond donors (Lipinski definition) is 1. The van der Waals surface area contributed by atoms with Gasteiger partial charge in [-0.15, -0.1) is 0 Å². The number of rotatable bonds is 0. The van der Waals surface area contributed by atoms with Gasteiger partial charge < -0.3 is 5.32 Å². The zero-order chi connectivity index (χ0) is 5.45. The molecular weight excluding hydrogens is 98.1 g/mol. The van der Waals surface area contributed by atoms with Gasteiger partial charge in [0.05, 0.1) is 13.1 Å². The number of nitrogens with two attached hydrogens (primary N) is 1. The Morgan fingerprint density at radius 2 is 1.50 bits per heavy atom. The van der Waals surface area contributed by atoms with Crippen LogP contribution in [0.5, 0.6) is 0 Å². The van der Waals surface area contributed by atoms with E-state index >= 15 is 0 Å². The van der Waals surface area contributed by atoms with E-state index in [0.29, 0.717) is 0 Å². The molecule has 0 aromatic rings.